The predicted molar refractivity (Wildman–Crippen MR) is 91.7 cm³/mol. The van der Waals surface area contributed by atoms with Crippen molar-refractivity contribution in [3.05, 3.63) is 29.3 Å². The molecule has 0 heterocycles. The molecule has 124 valence electrons. The molecule has 1 aromatic rings. The highest BCUT2D eigenvalue weighted by Crippen LogP contribution is 2.62. The summed E-state index contributed by atoms with van der Waals surface area (Å²) in [6, 6.07) is 6.65. The van der Waals surface area contributed by atoms with Crippen LogP contribution in [0, 0.1) is 29.1 Å². The van der Waals surface area contributed by atoms with Gasteiger partial charge in [0, 0.05) is 11.8 Å². The lowest BCUT2D eigenvalue weighted by atomic mass is 9.50. The summed E-state index contributed by atoms with van der Waals surface area (Å²) in [5, 5.41) is 0. The van der Waals surface area contributed by atoms with Crippen LogP contribution in [-0.2, 0) is 11.2 Å². The number of carbonyl (C=O) groups excluding carboxylic acids is 1. The molecule has 3 aliphatic carbocycles. The fourth-order valence-corrected chi connectivity index (χ4v) is 6.36. The Morgan fingerprint density at radius 3 is 2.74 bits per heavy atom. The number of hydrogen-bond acceptors (Lipinski definition) is 2. The molecule has 2 saturated carbocycles. The molecule has 23 heavy (non-hydrogen) atoms. The van der Waals surface area contributed by atoms with Crippen LogP contribution in [0.1, 0.15) is 57.1 Å². The third kappa shape index (κ3) is 2.03. The molecule has 0 amide bonds. The number of benzene rings is 1. The molecule has 4 rings (SSSR count). The first-order valence-corrected chi connectivity index (χ1v) is 9.16. The van der Waals surface area contributed by atoms with Gasteiger partial charge in [-0.3, -0.25) is 4.79 Å². The highest BCUT2D eigenvalue weighted by atomic mass is 16.5. The van der Waals surface area contributed by atoms with Crippen LogP contribution in [0.5, 0.6) is 5.75 Å². The highest BCUT2D eigenvalue weighted by molar-refractivity contribution is 5.87. The largest absolute Gasteiger partial charge is 0.497 e. The monoisotopic (exact) mass is 312 g/mol. The van der Waals surface area contributed by atoms with Gasteiger partial charge in [-0.1, -0.05) is 26.8 Å². The second-order valence-electron chi connectivity index (χ2n) is 8.52. The van der Waals surface area contributed by atoms with E-state index in [1.54, 1.807) is 7.11 Å². The minimum absolute atomic E-state index is 0.0567. The standard InChI is InChI=1S/C21H28O2/c1-12-9-14-10-15(23-4)5-6-16(14)19-13(2)11-21(3)17(20(12)19)7-8-18(21)22/h5-6,10,12-13,17,19-20H,7-9,11H2,1-4H3/t12?,13-,17?,19?,20?,21?/m0/s1. The normalized spacial score (nSPS) is 41.9. The van der Waals surface area contributed by atoms with Gasteiger partial charge in [0.2, 0.25) is 0 Å². The second kappa shape index (κ2) is 5.09. The smallest absolute Gasteiger partial charge is 0.139 e. The van der Waals surface area contributed by atoms with E-state index in [4.69, 9.17) is 4.74 Å². The highest BCUT2D eigenvalue weighted by Gasteiger charge is 2.58. The van der Waals surface area contributed by atoms with Gasteiger partial charge in [-0.2, -0.15) is 0 Å². The summed E-state index contributed by atoms with van der Waals surface area (Å²) in [4.78, 5) is 12.6. The Labute approximate surface area is 139 Å². The van der Waals surface area contributed by atoms with E-state index in [1.165, 1.54) is 11.1 Å². The van der Waals surface area contributed by atoms with Crippen molar-refractivity contribution in [3.63, 3.8) is 0 Å². The van der Waals surface area contributed by atoms with Gasteiger partial charge in [0.1, 0.15) is 11.5 Å². The van der Waals surface area contributed by atoms with E-state index in [0.717, 1.165) is 31.4 Å². The number of rotatable bonds is 1. The molecule has 0 aliphatic heterocycles. The Kier molecular flexibility index (Phi) is 3.37. The zero-order chi connectivity index (χ0) is 16.4. The van der Waals surface area contributed by atoms with E-state index < -0.39 is 0 Å². The van der Waals surface area contributed by atoms with E-state index in [-0.39, 0.29) is 5.41 Å². The third-order valence-corrected chi connectivity index (χ3v) is 7.28. The van der Waals surface area contributed by atoms with Crippen molar-refractivity contribution in [2.75, 3.05) is 7.11 Å². The quantitative estimate of drug-likeness (QED) is 0.757. The average molecular weight is 312 g/mol. The number of fused-ring (bicyclic) bond motifs is 5. The van der Waals surface area contributed by atoms with Crippen LogP contribution in [0.3, 0.4) is 0 Å². The molecule has 3 aliphatic rings. The van der Waals surface area contributed by atoms with E-state index in [2.05, 4.69) is 39.0 Å². The lowest BCUT2D eigenvalue weighted by molar-refractivity contribution is -0.131. The zero-order valence-corrected chi connectivity index (χ0v) is 14.8. The van der Waals surface area contributed by atoms with Gasteiger partial charge in [-0.15, -0.1) is 0 Å². The Morgan fingerprint density at radius 2 is 2.00 bits per heavy atom. The van der Waals surface area contributed by atoms with E-state index >= 15 is 0 Å². The fourth-order valence-electron chi connectivity index (χ4n) is 6.36. The minimum Gasteiger partial charge on any atom is -0.497 e. The first-order valence-electron chi connectivity index (χ1n) is 9.16. The summed E-state index contributed by atoms with van der Waals surface area (Å²) in [5.74, 6) is 4.59. The average Bonchev–Trinajstić information content (AvgIpc) is 2.81. The lowest BCUT2D eigenvalue weighted by Crippen LogP contribution is -2.48. The molecule has 2 fully saturated rings. The van der Waals surface area contributed by atoms with Crippen LogP contribution in [0.15, 0.2) is 18.2 Å². The number of ether oxygens (including phenoxy) is 1. The van der Waals surface area contributed by atoms with Crippen molar-refractivity contribution in [2.24, 2.45) is 29.1 Å². The summed E-state index contributed by atoms with van der Waals surface area (Å²) in [6.45, 7) is 7.04. The van der Waals surface area contributed by atoms with E-state index in [1.807, 2.05) is 0 Å². The topological polar surface area (TPSA) is 26.3 Å². The Morgan fingerprint density at radius 1 is 1.22 bits per heavy atom. The number of ketones is 1. The molecule has 0 spiro atoms. The summed E-state index contributed by atoms with van der Waals surface area (Å²) in [6.07, 6.45) is 4.11. The van der Waals surface area contributed by atoms with E-state index in [9.17, 15) is 4.79 Å². The molecule has 2 nitrogen and oxygen atoms in total. The third-order valence-electron chi connectivity index (χ3n) is 7.28. The number of methoxy groups -OCH3 is 1. The second-order valence-corrected chi connectivity index (χ2v) is 8.52. The maximum Gasteiger partial charge on any atom is 0.139 e. The van der Waals surface area contributed by atoms with Crippen molar-refractivity contribution in [1.29, 1.82) is 0 Å². The predicted octanol–water partition coefficient (Wildman–Crippen LogP) is 4.61. The van der Waals surface area contributed by atoms with Crippen LogP contribution in [0.4, 0.5) is 0 Å². The van der Waals surface area contributed by atoms with Crippen molar-refractivity contribution < 1.29 is 9.53 Å². The molecule has 1 aromatic carbocycles. The molecule has 0 saturated heterocycles. The maximum atomic E-state index is 12.6. The molecule has 2 heteroatoms. The SMILES string of the molecule is COc1ccc2c(c1)CC(C)C1C2[C@@H](C)CC2(C)C(=O)CCC12. The molecule has 0 bridgehead atoms. The summed E-state index contributed by atoms with van der Waals surface area (Å²) >= 11 is 0. The van der Waals surface area contributed by atoms with Crippen molar-refractivity contribution in [1.82, 2.24) is 0 Å². The molecule has 0 N–H and O–H groups in total. The molecular weight excluding hydrogens is 284 g/mol. The van der Waals surface area contributed by atoms with Crippen molar-refractivity contribution in [2.45, 2.75) is 52.4 Å². The number of hydrogen-bond donors (Lipinski definition) is 0. The summed E-state index contributed by atoms with van der Waals surface area (Å²) in [7, 11) is 1.75. The van der Waals surface area contributed by atoms with Gasteiger partial charge >= 0.3 is 0 Å². The van der Waals surface area contributed by atoms with Crippen LogP contribution in [-0.4, -0.2) is 12.9 Å². The van der Waals surface area contributed by atoms with Gasteiger partial charge in [0.05, 0.1) is 7.11 Å². The maximum absolute atomic E-state index is 12.6. The van der Waals surface area contributed by atoms with Gasteiger partial charge in [-0.25, -0.2) is 0 Å². The Bertz CT molecular complexity index is 649. The van der Waals surface area contributed by atoms with E-state index in [0.29, 0.717) is 35.4 Å². The van der Waals surface area contributed by atoms with Gasteiger partial charge in [0.15, 0.2) is 0 Å². The minimum atomic E-state index is -0.0567. The first kappa shape index (κ1) is 15.2. The van der Waals surface area contributed by atoms with Gasteiger partial charge in [0.25, 0.3) is 0 Å². The van der Waals surface area contributed by atoms with Crippen LogP contribution in [0.2, 0.25) is 0 Å². The summed E-state index contributed by atoms with van der Waals surface area (Å²) < 4.78 is 5.43. The zero-order valence-electron chi connectivity index (χ0n) is 14.8. The van der Waals surface area contributed by atoms with Crippen LogP contribution >= 0.6 is 0 Å². The van der Waals surface area contributed by atoms with Gasteiger partial charge < -0.3 is 4.74 Å². The Hall–Kier alpha value is -1.31. The lowest BCUT2D eigenvalue weighted by Gasteiger charge is -2.53. The van der Waals surface area contributed by atoms with Gasteiger partial charge in [-0.05, 0) is 72.1 Å². The molecule has 5 unspecified atom stereocenters. The molecule has 0 aromatic heterocycles. The number of carbonyl (C=O) groups is 1. The van der Waals surface area contributed by atoms with Crippen LogP contribution < -0.4 is 4.74 Å². The summed E-state index contributed by atoms with van der Waals surface area (Å²) in [5.41, 5.74) is 2.94. The Balaban J connectivity index is 1.80. The molecular formula is C21H28O2. The van der Waals surface area contributed by atoms with Crippen molar-refractivity contribution in [3.8, 4) is 5.75 Å². The fraction of sp³-hybridized carbons (Fsp3) is 0.667. The van der Waals surface area contributed by atoms with Crippen molar-refractivity contribution >= 4 is 5.78 Å². The molecule has 0 radical (unpaired) electrons. The first-order chi connectivity index (χ1) is 11.0. The molecule has 6 atom stereocenters. The number of Topliss-reactive ketones (excluding diaryl/α,β-unsaturated/α-hetero) is 1. The van der Waals surface area contributed by atoms with Crippen LogP contribution in [0.25, 0.3) is 0 Å².